The lowest BCUT2D eigenvalue weighted by Gasteiger charge is -2.21. The van der Waals surface area contributed by atoms with Crippen LogP contribution in [0.4, 0.5) is 11.4 Å². The van der Waals surface area contributed by atoms with E-state index >= 15 is 0 Å². The lowest BCUT2D eigenvalue weighted by Crippen LogP contribution is -2.47. The van der Waals surface area contributed by atoms with E-state index in [1.165, 1.54) is 12.1 Å². The molecule has 1 aliphatic rings. The minimum atomic E-state index is -0.892. The average Bonchev–Trinajstić information content (AvgIpc) is 3.33. The third-order valence-corrected chi connectivity index (χ3v) is 5.00. The quantitative estimate of drug-likeness (QED) is 0.476. The molecule has 1 atom stereocenters. The molecule has 2 aromatic carbocycles. The van der Waals surface area contributed by atoms with E-state index in [9.17, 15) is 19.7 Å². The summed E-state index contributed by atoms with van der Waals surface area (Å²) in [6, 6.07) is 11.0. The maximum Gasteiger partial charge on any atom is 0.279 e. The van der Waals surface area contributed by atoms with Crippen LogP contribution in [-0.2, 0) is 4.79 Å². The Hall–Kier alpha value is -3.82. The summed E-state index contributed by atoms with van der Waals surface area (Å²) in [4.78, 5) is 37.7. The van der Waals surface area contributed by atoms with Gasteiger partial charge in [0.15, 0.2) is 6.10 Å². The van der Waals surface area contributed by atoms with Gasteiger partial charge in [-0.1, -0.05) is 0 Å². The van der Waals surface area contributed by atoms with Crippen LogP contribution in [0.5, 0.6) is 11.5 Å². The third-order valence-electron chi connectivity index (χ3n) is 5.00. The number of amides is 2. The van der Waals surface area contributed by atoms with Crippen LogP contribution >= 0.6 is 0 Å². The second-order valence-corrected chi connectivity index (χ2v) is 7.26. The van der Waals surface area contributed by atoms with Crippen molar-refractivity contribution in [3.8, 4) is 11.5 Å². The molecule has 1 unspecified atom stereocenters. The predicted molar refractivity (Wildman–Crippen MR) is 118 cm³/mol. The summed E-state index contributed by atoms with van der Waals surface area (Å²) in [5.41, 5.74) is 5.18. The van der Waals surface area contributed by atoms with Gasteiger partial charge in [-0.15, -0.1) is 0 Å². The van der Waals surface area contributed by atoms with Gasteiger partial charge in [0, 0.05) is 25.2 Å². The lowest BCUT2D eigenvalue weighted by molar-refractivity contribution is -0.384. The van der Waals surface area contributed by atoms with E-state index in [0.717, 1.165) is 25.9 Å². The highest BCUT2D eigenvalue weighted by molar-refractivity contribution is 6.01. The Morgan fingerprint density at radius 1 is 1.09 bits per heavy atom. The van der Waals surface area contributed by atoms with E-state index in [4.69, 9.17) is 9.47 Å². The molecular weight excluding hydrogens is 416 g/mol. The average molecular weight is 442 g/mol. The molecule has 0 bridgehead atoms. The van der Waals surface area contributed by atoms with Gasteiger partial charge in [-0.25, -0.2) is 0 Å². The van der Waals surface area contributed by atoms with Crippen LogP contribution in [0.3, 0.4) is 0 Å². The first-order chi connectivity index (χ1) is 15.4. The first-order valence-corrected chi connectivity index (χ1v) is 10.4. The van der Waals surface area contributed by atoms with E-state index in [1.54, 1.807) is 37.3 Å². The first kappa shape index (κ1) is 22.9. The summed E-state index contributed by atoms with van der Waals surface area (Å²) in [7, 11) is 0. The Balaban J connectivity index is 1.63. The van der Waals surface area contributed by atoms with Gasteiger partial charge in [0.2, 0.25) is 0 Å². The fourth-order valence-electron chi connectivity index (χ4n) is 3.38. The molecule has 0 spiro atoms. The highest BCUT2D eigenvalue weighted by Crippen LogP contribution is 2.28. The second kappa shape index (κ2) is 10.5. The van der Waals surface area contributed by atoms with Crippen LogP contribution in [-0.4, -0.2) is 42.5 Å². The van der Waals surface area contributed by atoms with Gasteiger partial charge in [-0.05, 0) is 57.0 Å². The number of benzene rings is 2. The van der Waals surface area contributed by atoms with Crippen LogP contribution < -0.4 is 25.2 Å². The molecule has 1 saturated heterocycles. The fraction of sp³-hybridized carbons (Fsp3) is 0.364. The number of hydrogen-bond donors (Lipinski definition) is 2. The summed E-state index contributed by atoms with van der Waals surface area (Å²) in [6.45, 7) is 5.49. The zero-order chi connectivity index (χ0) is 23.1. The molecule has 1 heterocycles. The number of nitrogens with zero attached hydrogens (tertiary/aromatic N) is 2. The van der Waals surface area contributed by atoms with E-state index in [2.05, 4.69) is 10.9 Å². The van der Waals surface area contributed by atoms with Gasteiger partial charge >= 0.3 is 0 Å². The fourth-order valence-corrected chi connectivity index (χ4v) is 3.38. The highest BCUT2D eigenvalue weighted by atomic mass is 16.6. The molecule has 1 fully saturated rings. The minimum Gasteiger partial charge on any atom is -0.494 e. The van der Waals surface area contributed by atoms with Gasteiger partial charge in [-0.3, -0.25) is 30.6 Å². The molecule has 10 heteroatoms. The lowest BCUT2D eigenvalue weighted by atomic mass is 10.1. The van der Waals surface area contributed by atoms with Crippen molar-refractivity contribution in [2.45, 2.75) is 32.8 Å². The van der Waals surface area contributed by atoms with E-state index < -0.39 is 22.8 Å². The van der Waals surface area contributed by atoms with Crippen molar-refractivity contribution in [1.82, 2.24) is 10.9 Å². The van der Waals surface area contributed by atoms with Crippen LogP contribution in [0.15, 0.2) is 42.5 Å². The van der Waals surface area contributed by atoms with Gasteiger partial charge in [-0.2, -0.15) is 0 Å². The Morgan fingerprint density at radius 3 is 2.38 bits per heavy atom. The molecule has 0 radical (unpaired) electrons. The van der Waals surface area contributed by atoms with E-state index in [1.807, 2.05) is 11.8 Å². The number of carbonyl (C=O) groups is 2. The first-order valence-electron chi connectivity index (χ1n) is 10.4. The van der Waals surface area contributed by atoms with Crippen molar-refractivity contribution in [2.24, 2.45) is 0 Å². The standard InChI is InChI=1S/C22H26N4O6/c1-3-31-17-7-9-18(10-8-17)32-15(2)21(27)23-24-22(28)19-14-16(26(29)30)6-11-20(19)25-12-4-5-13-25/h6-11,14-15H,3-5,12-13H2,1-2H3,(H,23,27)(H,24,28). The maximum atomic E-state index is 12.8. The minimum absolute atomic E-state index is 0.126. The monoisotopic (exact) mass is 442 g/mol. The van der Waals surface area contributed by atoms with E-state index in [0.29, 0.717) is 23.8 Å². The molecule has 10 nitrogen and oxygen atoms in total. The Labute approximate surface area is 185 Å². The van der Waals surface area contributed by atoms with E-state index in [-0.39, 0.29) is 11.3 Å². The van der Waals surface area contributed by atoms with Crippen molar-refractivity contribution >= 4 is 23.2 Å². The second-order valence-electron chi connectivity index (χ2n) is 7.26. The normalized spacial score (nSPS) is 13.9. The van der Waals surface area contributed by atoms with Crippen LogP contribution in [0, 0.1) is 10.1 Å². The van der Waals surface area contributed by atoms with Gasteiger partial charge in [0.1, 0.15) is 11.5 Å². The number of carbonyl (C=O) groups excluding carboxylic acids is 2. The van der Waals surface area contributed by atoms with Crippen LogP contribution in [0.2, 0.25) is 0 Å². The Kier molecular flexibility index (Phi) is 7.48. The highest BCUT2D eigenvalue weighted by Gasteiger charge is 2.23. The van der Waals surface area contributed by atoms with Crippen molar-refractivity contribution < 1.29 is 24.0 Å². The zero-order valence-electron chi connectivity index (χ0n) is 18.0. The predicted octanol–water partition coefficient (Wildman–Crippen LogP) is 2.82. The zero-order valence-corrected chi connectivity index (χ0v) is 18.0. The molecule has 2 N–H and O–H groups in total. The number of hydrogen-bond acceptors (Lipinski definition) is 7. The molecule has 2 amide bonds. The van der Waals surface area contributed by atoms with Crippen molar-refractivity contribution in [1.29, 1.82) is 0 Å². The number of nitro groups is 1. The maximum absolute atomic E-state index is 12.8. The largest absolute Gasteiger partial charge is 0.494 e. The van der Waals surface area contributed by atoms with Gasteiger partial charge in [0.25, 0.3) is 17.5 Å². The Bertz CT molecular complexity index is 973. The Morgan fingerprint density at radius 2 is 1.75 bits per heavy atom. The molecule has 3 rings (SSSR count). The third kappa shape index (κ3) is 5.65. The molecule has 2 aromatic rings. The SMILES string of the molecule is CCOc1ccc(OC(C)C(=O)NNC(=O)c2cc([N+](=O)[O-])ccc2N2CCCC2)cc1. The number of nitro benzene ring substituents is 1. The summed E-state index contributed by atoms with van der Waals surface area (Å²) >= 11 is 0. The number of rotatable bonds is 8. The molecule has 0 aromatic heterocycles. The molecule has 1 aliphatic heterocycles. The van der Waals surface area contributed by atoms with Gasteiger partial charge < -0.3 is 14.4 Å². The molecular formula is C22H26N4O6. The number of nitrogens with one attached hydrogen (secondary N) is 2. The number of hydrazine groups is 1. The van der Waals surface area contributed by atoms with Crippen LogP contribution in [0.25, 0.3) is 0 Å². The number of ether oxygens (including phenoxy) is 2. The summed E-state index contributed by atoms with van der Waals surface area (Å²) in [5, 5.41) is 11.2. The number of anilines is 1. The van der Waals surface area contributed by atoms with Gasteiger partial charge in [0.05, 0.1) is 22.8 Å². The molecule has 32 heavy (non-hydrogen) atoms. The smallest absolute Gasteiger partial charge is 0.279 e. The summed E-state index contributed by atoms with van der Waals surface area (Å²) < 4.78 is 10.9. The summed E-state index contributed by atoms with van der Waals surface area (Å²) in [5.74, 6) is -0.0509. The van der Waals surface area contributed by atoms with Crippen molar-refractivity contribution in [3.63, 3.8) is 0 Å². The molecule has 0 aliphatic carbocycles. The number of non-ortho nitro benzene ring substituents is 1. The van der Waals surface area contributed by atoms with Crippen molar-refractivity contribution in [3.05, 3.63) is 58.1 Å². The molecule has 0 saturated carbocycles. The summed E-state index contributed by atoms with van der Waals surface area (Å²) in [6.07, 6.45) is 1.07. The molecule has 170 valence electrons. The van der Waals surface area contributed by atoms with Crippen molar-refractivity contribution in [2.75, 3.05) is 24.6 Å². The van der Waals surface area contributed by atoms with Crippen LogP contribution in [0.1, 0.15) is 37.0 Å². The topological polar surface area (TPSA) is 123 Å².